The number of aromatic amines is 1. The van der Waals surface area contributed by atoms with Crippen LogP contribution >= 0.6 is 0 Å². The second kappa shape index (κ2) is 3.50. The first-order chi connectivity index (χ1) is 7.39. The van der Waals surface area contributed by atoms with Crippen LogP contribution in [0.2, 0.25) is 0 Å². The third-order valence-electron chi connectivity index (χ3n) is 2.51. The Morgan fingerprint density at radius 2 is 2.00 bits per heavy atom. The maximum absolute atomic E-state index is 12.5. The van der Waals surface area contributed by atoms with Crippen molar-refractivity contribution >= 4 is 11.0 Å². The SMILES string of the molecule is CC(C)c1c[nH]c2ncc(C(F)(F)F)cc12. The fourth-order valence-corrected chi connectivity index (χ4v) is 1.66. The highest BCUT2D eigenvalue weighted by molar-refractivity contribution is 5.80. The van der Waals surface area contributed by atoms with E-state index in [-0.39, 0.29) is 5.92 Å². The van der Waals surface area contributed by atoms with E-state index in [2.05, 4.69) is 9.97 Å². The Kier molecular flexibility index (Phi) is 2.40. The summed E-state index contributed by atoms with van der Waals surface area (Å²) in [5.41, 5.74) is 0.645. The summed E-state index contributed by atoms with van der Waals surface area (Å²) in [5, 5.41) is 0.546. The zero-order valence-corrected chi connectivity index (χ0v) is 8.89. The van der Waals surface area contributed by atoms with Crippen LogP contribution in [0.5, 0.6) is 0 Å². The summed E-state index contributed by atoms with van der Waals surface area (Å²) in [6.07, 6.45) is -1.78. The Labute approximate surface area is 90.5 Å². The molecule has 5 heteroatoms. The molecule has 0 spiro atoms. The number of nitrogens with one attached hydrogen (secondary N) is 1. The highest BCUT2D eigenvalue weighted by atomic mass is 19.4. The smallest absolute Gasteiger partial charge is 0.346 e. The summed E-state index contributed by atoms with van der Waals surface area (Å²) in [6.45, 7) is 3.87. The van der Waals surface area contributed by atoms with Gasteiger partial charge in [0, 0.05) is 17.8 Å². The highest BCUT2D eigenvalue weighted by Gasteiger charge is 2.31. The minimum Gasteiger partial charge on any atom is -0.346 e. The van der Waals surface area contributed by atoms with Gasteiger partial charge in [0.25, 0.3) is 0 Å². The molecular formula is C11H11F3N2. The number of alkyl halides is 3. The van der Waals surface area contributed by atoms with Gasteiger partial charge in [-0.3, -0.25) is 0 Å². The van der Waals surface area contributed by atoms with E-state index in [1.165, 1.54) is 0 Å². The zero-order chi connectivity index (χ0) is 11.9. The van der Waals surface area contributed by atoms with Crippen LogP contribution in [0.3, 0.4) is 0 Å². The van der Waals surface area contributed by atoms with Crippen molar-refractivity contribution in [2.75, 3.05) is 0 Å². The molecule has 86 valence electrons. The summed E-state index contributed by atoms with van der Waals surface area (Å²) < 4.78 is 37.5. The fourth-order valence-electron chi connectivity index (χ4n) is 1.66. The molecule has 0 unspecified atom stereocenters. The van der Waals surface area contributed by atoms with Crippen LogP contribution in [0.4, 0.5) is 13.2 Å². The minimum atomic E-state index is -4.34. The predicted molar refractivity (Wildman–Crippen MR) is 55.2 cm³/mol. The third-order valence-corrected chi connectivity index (χ3v) is 2.51. The zero-order valence-electron chi connectivity index (χ0n) is 8.89. The van der Waals surface area contributed by atoms with Crippen molar-refractivity contribution in [1.82, 2.24) is 9.97 Å². The molecule has 0 saturated heterocycles. The largest absolute Gasteiger partial charge is 0.417 e. The first-order valence-electron chi connectivity index (χ1n) is 4.94. The molecule has 0 atom stereocenters. The highest BCUT2D eigenvalue weighted by Crippen LogP contribution is 2.32. The molecule has 0 amide bonds. The average molecular weight is 228 g/mol. The van der Waals surface area contributed by atoms with E-state index in [1.807, 2.05) is 13.8 Å². The summed E-state index contributed by atoms with van der Waals surface area (Å²) in [7, 11) is 0. The standard InChI is InChI=1S/C11H11F3N2/c1-6(2)9-5-16-10-8(9)3-7(4-15-10)11(12,13)14/h3-6H,1-2H3,(H,15,16). The van der Waals surface area contributed by atoms with Gasteiger partial charge in [0.2, 0.25) is 0 Å². The minimum absolute atomic E-state index is 0.166. The van der Waals surface area contributed by atoms with Crippen molar-refractivity contribution in [3.8, 4) is 0 Å². The third kappa shape index (κ3) is 1.77. The lowest BCUT2D eigenvalue weighted by atomic mass is 10.0. The number of hydrogen-bond donors (Lipinski definition) is 1. The second-order valence-electron chi connectivity index (χ2n) is 4.02. The molecule has 0 aliphatic carbocycles. The van der Waals surface area contributed by atoms with Crippen molar-refractivity contribution in [2.45, 2.75) is 25.9 Å². The van der Waals surface area contributed by atoms with Crippen molar-refractivity contribution in [3.63, 3.8) is 0 Å². The number of pyridine rings is 1. The van der Waals surface area contributed by atoms with Gasteiger partial charge in [-0.15, -0.1) is 0 Å². The Bertz CT molecular complexity index is 511. The molecule has 0 saturated carbocycles. The maximum Gasteiger partial charge on any atom is 0.417 e. The number of rotatable bonds is 1. The molecule has 16 heavy (non-hydrogen) atoms. The molecule has 2 rings (SSSR count). The Hall–Kier alpha value is -1.52. The predicted octanol–water partition coefficient (Wildman–Crippen LogP) is 3.71. The molecule has 0 aliphatic rings. The first kappa shape index (κ1) is 11.0. The number of hydrogen-bond acceptors (Lipinski definition) is 1. The van der Waals surface area contributed by atoms with Crippen molar-refractivity contribution < 1.29 is 13.2 Å². The number of fused-ring (bicyclic) bond motifs is 1. The van der Waals surface area contributed by atoms with Gasteiger partial charge in [0.1, 0.15) is 5.65 Å². The van der Waals surface area contributed by atoms with E-state index >= 15 is 0 Å². The molecule has 2 aromatic heterocycles. The number of H-pyrrole nitrogens is 1. The number of nitrogens with zero attached hydrogens (tertiary/aromatic N) is 1. The van der Waals surface area contributed by atoms with Crippen LogP contribution in [0.25, 0.3) is 11.0 Å². The second-order valence-corrected chi connectivity index (χ2v) is 4.02. The lowest BCUT2D eigenvalue weighted by molar-refractivity contribution is -0.137. The fraction of sp³-hybridized carbons (Fsp3) is 0.364. The Morgan fingerprint density at radius 3 is 2.56 bits per heavy atom. The van der Waals surface area contributed by atoms with E-state index in [9.17, 15) is 13.2 Å². The van der Waals surface area contributed by atoms with Gasteiger partial charge in [-0.1, -0.05) is 13.8 Å². The van der Waals surface area contributed by atoms with Gasteiger partial charge in [-0.2, -0.15) is 13.2 Å². The van der Waals surface area contributed by atoms with E-state index < -0.39 is 11.7 Å². The van der Waals surface area contributed by atoms with Crippen LogP contribution in [0, 0.1) is 0 Å². The van der Waals surface area contributed by atoms with Crippen LogP contribution < -0.4 is 0 Å². The van der Waals surface area contributed by atoms with Crippen LogP contribution in [-0.2, 0) is 6.18 Å². The van der Waals surface area contributed by atoms with Crippen LogP contribution in [0.15, 0.2) is 18.5 Å². The molecule has 0 aromatic carbocycles. The molecule has 0 radical (unpaired) electrons. The summed E-state index contributed by atoms with van der Waals surface area (Å²) in [4.78, 5) is 6.64. The van der Waals surface area contributed by atoms with Gasteiger partial charge in [0.05, 0.1) is 5.56 Å². The van der Waals surface area contributed by atoms with Crippen LogP contribution in [-0.4, -0.2) is 9.97 Å². The van der Waals surface area contributed by atoms with Crippen molar-refractivity contribution in [2.24, 2.45) is 0 Å². The van der Waals surface area contributed by atoms with Gasteiger partial charge < -0.3 is 4.98 Å². The van der Waals surface area contributed by atoms with E-state index in [0.29, 0.717) is 11.0 Å². The molecule has 1 N–H and O–H groups in total. The Morgan fingerprint density at radius 1 is 1.31 bits per heavy atom. The number of halogens is 3. The van der Waals surface area contributed by atoms with Gasteiger partial charge in [0.15, 0.2) is 0 Å². The van der Waals surface area contributed by atoms with Crippen molar-refractivity contribution in [3.05, 3.63) is 29.6 Å². The molecule has 0 aliphatic heterocycles. The first-order valence-corrected chi connectivity index (χ1v) is 4.94. The van der Waals surface area contributed by atoms with Gasteiger partial charge >= 0.3 is 6.18 Å². The molecular weight excluding hydrogens is 217 g/mol. The Balaban J connectivity index is 2.63. The van der Waals surface area contributed by atoms with Crippen molar-refractivity contribution in [1.29, 1.82) is 0 Å². The lowest BCUT2D eigenvalue weighted by Gasteiger charge is -2.07. The monoisotopic (exact) mass is 228 g/mol. The van der Waals surface area contributed by atoms with Crippen LogP contribution in [0.1, 0.15) is 30.9 Å². The maximum atomic E-state index is 12.5. The molecule has 2 aromatic rings. The lowest BCUT2D eigenvalue weighted by Crippen LogP contribution is -2.05. The quantitative estimate of drug-likeness (QED) is 0.792. The van der Waals surface area contributed by atoms with E-state index in [0.717, 1.165) is 17.8 Å². The molecule has 2 nitrogen and oxygen atoms in total. The molecule has 2 heterocycles. The van der Waals surface area contributed by atoms with E-state index in [4.69, 9.17) is 0 Å². The normalized spacial score (nSPS) is 12.6. The summed E-state index contributed by atoms with van der Waals surface area (Å²) >= 11 is 0. The molecule has 0 bridgehead atoms. The van der Waals surface area contributed by atoms with Gasteiger partial charge in [-0.05, 0) is 17.5 Å². The molecule has 0 fully saturated rings. The summed E-state index contributed by atoms with van der Waals surface area (Å²) in [5.74, 6) is 0.166. The van der Waals surface area contributed by atoms with E-state index in [1.54, 1.807) is 6.20 Å². The van der Waals surface area contributed by atoms with Gasteiger partial charge in [-0.25, -0.2) is 4.98 Å². The average Bonchev–Trinajstić information content (AvgIpc) is 2.58. The topological polar surface area (TPSA) is 28.7 Å². The summed E-state index contributed by atoms with van der Waals surface area (Å²) in [6, 6.07) is 1.15. The number of aromatic nitrogens is 2.